The Hall–Kier alpha value is -0.810. The summed E-state index contributed by atoms with van der Waals surface area (Å²) in [5.41, 5.74) is 0. The SMILES string of the molecule is CCCCN=C(NCC)NCCN1CCCN(C)CC1. The van der Waals surface area contributed by atoms with Crippen molar-refractivity contribution in [1.29, 1.82) is 0 Å². The fourth-order valence-electron chi connectivity index (χ4n) is 2.35. The highest BCUT2D eigenvalue weighted by Gasteiger charge is 2.11. The average Bonchev–Trinajstić information content (AvgIpc) is 2.64. The normalized spacial score (nSPS) is 18.9. The van der Waals surface area contributed by atoms with E-state index in [4.69, 9.17) is 0 Å². The van der Waals surface area contributed by atoms with E-state index in [9.17, 15) is 0 Å². The smallest absolute Gasteiger partial charge is 0.191 e. The maximum absolute atomic E-state index is 4.58. The number of unbranched alkanes of at least 4 members (excludes halogenated alkanes) is 1. The predicted octanol–water partition coefficient (Wildman–Crippen LogP) is 0.979. The Morgan fingerprint density at radius 2 is 1.95 bits per heavy atom. The van der Waals surface area contributed by atoms with Gasteiger partial charge in [-0.3, -0.25) is 4.99 Å². The van der Waals surface area contributed by atoms with Crippen molar-refractivity contribution in [3.05, 3.63) is 0 Å². The van der Waals surface area contributed by atoms with Crippen LogP contribution in [-0.4, -0.2) is 75.2 Å². The third kappa shape index (κ3) is 7.70. The van der Waals surface area contributed by atoms with Crippen molar-refractivity contribution in [2.45, 2.75) is 33.1 Å². The Kier molecular flexibility index (Phi) is 9.41. The Labute approximate surface area is 124 Å². The van der Waals surface area contributed by atoms with E-state index in [0.29, 0.717) is 0 Å². The summed E-state index contributed by atoms with van der Waals surface area (Å²) in [6.45, 7) is 13.0. The lowest BCUT2D eigenvalue weighted by atomic mass is 10.3. The summed E-state index contributed by atoms with van der Waals surface area (Å²) in [5.74, 6) is 0.966. The number of likely N-dealkylation sites (N-methyl/N-ethyl adjacent to an activating group) is 1. The molecule has 1 saturated heterocycles. The van der Waals surface area contributed by atoms with Crippen molar-refractivity contribution in [2.24, 2.45) is 4.99 Å². The molecule has 0 radical (unpaired) electrons. The minimum atomic E-state index is 0.917. The Bertz CT molecular complexity index is 267. The zero-order valence-corrected chi connectivity index (χ0v) is 13.6. The predicted molar refractivity (Wildman–Crippen MR) is 87.4 cm³/mol. The van der Waals surface area contributed by atoms with Crippen LogP contribution >= 0.6 is 0 Å². The van der Waals surface area contributed by atoms with Gasteiger partial charge in [-0.15, -0.1) is 0 Å². The molecule has 20 heavy (non-hydrogen) atoms. The van der Waals surface area contributed by atoms with Crippen LogP contribution < -0.4 is 10.6 Å². The molecule has 0 amide bonds. The van der Waals surface area contributed by atoms with Gasteiger partial charge in [0.2, 0.25) is 0 Å². The second-order valence-electron chi connectivity index (χ2n) is 5.54. The molecule has 0 bridgehead atoms. The molecule has 0 saturated carbocycles. The zero-order chi connectivity index (χ0) is 14.6. The molecule has 118 valence electrons. The van der Waals surface area contributed by atoms with Crippen LogP contribution in [0.15, 0.2) is 4.99 Å². The van der Waals surface area contributed by atoms with Crippen LogP contribution in [0.1, 0.15) is 33.1 Å². The van der Waals surface area contributed by atoms with Crippen LogP contribution in [0.4, 0.5) is 0 Å². The summed E-state index contributed by atoms with van der Waals surface area (Å²) in [6, 6.07) is 0. The van der Waals surface area contributed by atoms with Gasteiger partial charge in [-0.1, -0.05) is 13.3 Å². The van der Waals surface area contributed by atoms with Gasteiger partial charge in [-0.05, 0) is 39.9 Å². The molecule has 1 aliphatic heterocycles. The number of aliphatic imine (C=N–C) groups is 1. The molecule has 0 atom stereocenters. The van der Waals surface area contributed by atoms with E-state index in [1.165, 1.54) is 39.0 Å². The number of hydrogen-bond acceptors (Lipinski definition) is 3. The molecule has 1 rings (SSSR count). The first-order valence-corrected chi connectivity index (χ1v) is 8.19. The lowest BCUT2D eigenvalue weighted by Crippen LogP contribution is -2.42. The first-order chi connectivity index (χ1) is 9.76. The molecule has 1 aliphatic rings. The van der Waals surface area contributed by atoms with Gasteiger partial charge in [0.15, 0.2) is 5.96 Å². The van der Waals surface area contributed by atoms with E-state index < -0.39 is 0 Å². The fraction of sp³-hybridized carbons (Fsp3) is 0.933. The highest BCUT2D eigenvalue weighted by atomic mass is 15.2. The molecule has 0 spiro atoms. The highest BCUT2D eigenvalue weighted by Crippen LogP contribution is 1.99. The number of guanidine groups is 1. The fourth-order valence-corrected chi connectivity index (χ4v) is 2.35. The topological polar surface area (TPSA) is 42.9 Å². The summed E-state index contributed by atoms with van der Waals surface area (Å²) >= 11 is 0. The second-order valence-corrected chi connectivity index (χ2v) is 5.54. The third-order valence-electron chi connectivity index (χ3n) is 3.66. The van der Waals surface area contributed by atoms with Crippen LogP contribution in [0, 0.1) is 0 Å². The molecule has 1 fully saturated rings. The van der Waals surface area contributed by atoms with Gasteiger partial charge < -0.3 is 20.4 Å². The van der Waals surface area contributed by atoms with Crippen molar-refractivity contribution in [1.82, 2.24) is 20.4 Å². The van der Waals surface area contributed by atoms with Crippen molar-refractivity contribution < 1.29 is 0 Å². The Balaban J connectivity index is 2.23. The van der Waals surface area contributed by atoms with E-state index in [-0.39, 0.29) is 0 Å². The molecule has 0 unspecified atom stereocenters. The lowest BCUT2D eigenvalue weighted by Gasteiger charge is -2.21. The van der Waals surface area contributed by atoms with Crippen LogP contribution in [0.5, 0.6) is 0 Å². The maximum Gasteiger partial charge on any atom is 0.191 e. The van der Waals surface area contributed by atoms with E-state index in [1.807, 2.05) is 0 Å². The zero-order valence-electron chi connectivity index (χ0n) is 13.6. The van der Waals surface area contributed by atoms with Crippen LogP contribution in [0.2, 0.25) is 0 Å². The van der Waals surface area contributed by atoms with Gasteiger partial charge in [-0.2, -0.15) is 0 Å². The van der Waals surface area contributed by atoms with Crippen LogP contribution in [0.3, 0.4) is 0 Å². The monoisotopic (exact) mass is 283 g/mol. The minimum Gasteiger partial charge on any atom is -0.357 e. The lowest BCUT2D eigenvalue weighted by molar-refractivity contribution is 0.280. The van der Waals surface area contributed by atoms with E-state index in [0.717, 1.165) is 38.6 Å². The van der Waals surface area contributed by atoms with Crippen molar-refractivity contribution in [3.63, 3.8) is 0 Å². The third-order valence-corrected chi connectivity index (χ3v) is 3.66. The van der Waals surface area contributed by atoms with Gasteiger partial charge in [0.1, 0.15) is 0 Å². The number of nitrogens with one attached hydrogen (secondary N) is 2. The summed E-state index contributed by atoms with van der Waals surface area (Å²) in [7, 11) is 2.21. The van der Waals surface area contributed by atoms with E-state index >= 15 is 0 Å². The van der Waals surface area contributed by atoms with Crippen molar-refractivity contribution in [2.75, 3.05) is 59.4 Å². The van der Waals surface area contributed by atoms with Crippen molar-refractivity contribution in [3.8, 4) is 0 Å². The number of rotatable bonds is 7. The quantitative estimate of drug-likeness (QED) is 0.415. The first kappa shape index (κ1) is 17.2. The highest BCUT2D eigenvalue weighted by molar-refractivity contribution is 5.79. The standard InChI is InChI=1S/C15H33N5/c1-4-6-8-17-15(16-5-2)18-9-12-20-11-7-10-19(3)13-14-20/h4-14H2,1-3H3,(H2,16,17,18). The summed E-state index contributed by atoms with van der Waals surface area (Å²) in [4.78, 5) is 9.55. The molecule has 0 aromatic rings. The molecule has 0 aliphatic carbocycles. The van der Waals surface area contributed by atoms with Crippen LogP contribution in [-0.2, 0) is 0 Å². The molecule has 0 aromatic heterocycles. The molecule has 5 nitrogen and oxygen atoms in total. The maximum atomic E-state index is 4.58. The van der Waals surface area contributed by atoms with Gasteiger partial charge in [-0.25, -0.2) is 0 Å². The molecule has 0 aromatic carbocycles. The van der Waals surface area contributed by atoms with Gasteiger partial charge in [0, 0.05) is 39.3 Å². The molecule has 1 heterocycles. The van der Waals surface area contributed by atoms with Crippen LogP contribution in [0.25, 0.3) is 0 Å². The van der Waals surface area contributed by atoms with E-state index in [1.54, 1.807) is 0 Å². The van der Waals surface area contributed by atoms with Gasteiger partial charge in [0.25, 0.3) is 0 Å². The molecule has 5 heteroatoms. The molecular formula is C15H33N5. The first-order valence-electron chi connectivity index (χ1n) is 8.19. The number of nitrogens with zero attached hydrogens (tertiary/aromatic N) is 3. The Morgan fingerprint density at radius 3 is 2.70 bits per heavy atom. The van der Waals surface area contributed by atoms with E-state index in [2.05, 4.69) is 46.3 Å². The minimum absolute atomic E-state index is 0.917. The number of hydrogen-bond donors (Lipinski definition) is 2. The molecular weight excluding hydrogens is 250 g/mol. The summed E-state index contributed by atoms with van der Waals surface area (Å²) < 4.78 is 0. The summed E-state index contributed by atoms with van der Waals surface area (Å²) in [6.07, 6.45) is 3.64. The average molecular weight is 283 g/mol. The Morgan fingerprint density at radius 1 is 1.10 bits per heavy atom. The second kappa shape index (κ2) is 10.9. The van der Waals surface area contributed by atoms with Crippen molar-refractivity contribution >= 4 is 5.96 Å². The summed E-state index contributed by atoms with van der Waals surface area (Å²) in [5, 5.41) is 6.75. The largest absolute Gasteiger partial charge is 0.357 e. The van der Waals surface area contributed by atoms with Gasteiger partial charge >= 0.3 is 0 Å². The van der Waals surface area contributed by atoms with Gasteiger partial charge in [0.05, 0.1) is 0 Å². The molecule has 2 N–H and O–H groups in total.